The minimum absolute atomic E-state index is 0.0837. The van der Waals surface area contributed by atoms with Crippen LogP contribution in [0.1, 0.15) is 24.0 Å². The van der Waals surface area contributed by atoms with Crippen molar-refractivity contribution in [1.29, 1.82) is 0 Å². The Bertz CT molecular complexity index is 1320. The van der Waals surface area contributed by atoms with E-state index in [1.54, 1.807) is 43.3 Å². The lowest BCUT2D eigenvalue weighted by molar-refractivity contribution is -0.120. The van der Waals surface area contributed by atoms with E-state index in [4.69, 9.17) is 0 Å². The molecule has 2 aromatic carbocycles. The van der Waals surface area contributed by atoms with E-state index in [1.807, 2.05) is 14.0 Å². The van der Waals surface area contributed by atoms with E-state index in [0.29, 0.717) is 56.8 Å². The molecule has 4 rings (SSSR count). The first-order valence-corrected chi connectivity index (χ1v) is 15.0. The van der Waals surface area contributed by atoms with Crippen LogP contribution < -0.4 is 5.32 Å². The standard InChI is InChI=1S/C25H34N4O5S2/c1-19-6-10-23(11-7-19)35(31,32)29-12-4-5-21(18-29)25(30)26-22-9-8-20(2)24(17-22)36(33,34)28-15-13-27(3)14-16-28/h6-11,17,21H,4-5,12-16,18H2,1-3H3,(H,26,30)/t21-/m0/s1. The van der Waals surface area contributed by atoms with Crippen LogP contribution in [0.15, 0.2) is 52.3 Å². The summed E-state index contributed by atoms with van der Waals surface area (Å²) in [5.41, 5.74) is 1.97. The molecule has 2 saturated heterocycles. The van der Waals surface area contributed by atoms with Crippen molar-refractivity contribution in [2.45, 2.75) is 36.5 Å². The maximum absolute atomic E-state index is 13.3. The third-order valence-electron chi connectivity index (χ3n) is 6.95. The van der Waals surface area contributed by atoms with Crippen molar-refractivity contribution in [3.8, 4) is 0 Å². The second-order valence-corrected chi connectivity index (χ2v) is 13.5. The number of nitrogens with one attached hydrogen (secondary N) is 1. The first kappa shape index (κ1) is 26.7. The Morgan fingerprint density at radius 2 is 1.53 bits per heavy atom. The lowest BCUT2D eigenvalue weighted by Crippen LogP contribution is -2.47. The van der Waals surface area contributed by atoms with Gasteiger partial charge in [-0.05, 0) is 63.6 Å². The molecule has 196 valence electrons. The van der Waals surface area contributed by atoms with Crippen molar-refractivity contribution in [3.63, 3.8) is 0 Å². The highest BCUT2D eigenvalue weighted by molar-refractivity contribution is 7.89. The average Bonchev–Trinajstić information content (AvgIpc) is 2.85. The van der Waals surface area contributed by atoms with Crippen LogP contribution in [0.4, 0.5) is 5.69 Å². The van der Waals surface area contributed by atoms with Crippen LogP contribution in [0.25, 0.3) is 0 Å². The minimum atomic E-state index is -3.70. The van der Waals surface area contributed by atoms with E-state index >= 15 is 0 Å². The molecule has 1 atom stereocenters. The van der Waals surface area contributed by atoms with Crippen molar-refractivity contribution in [1.82, 2.24) is 13.5 Å². The summed E-state index contributed by atoms with van der Waals surface area (Å²) in [6.07, 6.45) is 1.13. The molecule has 0 aromatic heterocycles. The van der Waals surface area contributed by atoms with E-state index in [0.717, 1.165) is 5.56 Å². The van der Waals surface area contributed by atoms with Crippen LogP contribution in [0.5, 0.6) is 0 Å². The van der Waals surface area contributed by atoms with E-state index in [1.165, 1.54) is 14.7 Å². The zero-order chi connectivity index (χ0) is 26.1. The molecule has 2 aliphatic rings. The number of rotatable bonds is 6. The Balaban J connectivity index is 1.48. The molecule has 0 bridgehead atoms. The van der Waals surface area contributed by atoms with E-state index in [2.05, 4.69) is 10.2 Å². The second kappa shape index (κ2) is 10.6. The Morgan fingerprint density at radius 3 is 2.19 bits per heavy atom. The SMILES string of the molecule is Cc1ccc(S(=O)(=O)N2CCC[C@H](C(=O)Nc3ccc(C)c(S(=O)(=O)N4CCN(C)CC4)c3)C2)cc1. The number of sulfonamides is 2. The molecule has 11 heteroatoms. The summed E-state index contributed by atoms with van der Waals surface area (Å²) in [7, 11) is -5.43. The molecule has 1 N–H and O–H groups in total. The zero-order valence-corrected chi connectivity index (χ0v) is 22.6. The highest BCUT2D eigenvalue weighted by Gasteiger charge is 2.34. The van der Waals surface area contributed by atoms with Crippen molar-refractivity contribution >= 4 is 31.6 Å². The number of hydrogen-bond donors (Lipinski definition) is 1. The summed E-state index contributed by atoms with van der Waals surface area (Å²) in [4.78, 5) is 15.6. The van der Waals surface area contributed by atoms with Crippen molar-refractivity contribution in [2.75, 3.05) is 51.6 Å². The molecule has 0 saturated carbocycles. The van der Waals surface area contributed by atoms with Gasteiger partial charge in [0.25, 0.3) is 0 Å². The Labute approximate surface area is 214 Å². The Morgan fingerprint density at radius 1 is 0.861 bits per heavy atom. The topological polar surface area (TPSA) is 107 Å². The first-order chi connectivity index (χ1) is 17.0. The number of amides is 1. The first-order valence-electron chi connectivity index (χ1n) is 12.2. The molecule has 9 nitrogen and oxygen atoms in total. The molecule has 2 aromatic rings. The van der Waals surface area contributed by atoms with Crippen LogP contribution in [0, 0.1) is 19.8 Å². The average molecular weight is 535 g/mol. The van der Waals surface area contributed by atoms with E-state index in [9.17, 15) is 21.6 Å². The summed E-state index contributed by atoms with van der Waals surface area (Å²) in [6, 6.07) is 11.6. The molecule has 2 aliphatic heterocycles. The van der Waals surface area contributed by atoms with Crippen molar-refractivity contribution < 1.29 is 21.6 Å². The zero-order valence-electron chi connectivity index (χ0n) is 21.0. The highest BCUT2D eigenvalue weighted by atomic mass is 32.2. The number of piperazine rings is 1. The molecular formula is C25H34N4O5S2. The van der Waals surface area contributed by atoms with Gasteiger partial charge < -0.3 is 10.2 Å². The van der Waals surface area contributed by atoms with Gasteiger partial charge in [-0.2, -0.15) is 8.61 Å². The van der Waals surface area contributed by atoms with Crippen molar-refractivity contribution in [3.05, 3.63) is 53.6 Å². The molecule has 1 amide bonds. The quantitative estimate of drug-likeness (QED) is 0.609. The monoisotopic (exact) mass is 534 g/mol. The molecule has 36 heavy (non-hydrogen) atoms. The van der Waals surface area contributed by atoms with Crippen LogP contribution in [0.2, 0.25) is 0 Å². The predicted octanol–water partition coefficient (Wildman–Crippen LogP) is 2.28. The Kier molecular flexibility index (Phi) is 7.86. The maximum Gasteiger partial charge on any atom is 0.243 e. The predicted molar refractivity (Wildman–Crippen MR) is 139 cm³/mol. The normalized spacial score (nSPS) is 20.8. The molecule has 2 fully saturated rings. The van der Waals surface area contributed by atoms with Gasteiger partial charge in [0, 0.05) is 45.0 Å². The van der Waals surface area contributed by atoms with Crippen LogP contribution >= 0.6 is 0 Å². The number of aryl methyl sites for hydroxylation is 2. The van der Waals surface area contributed by atoms with Crippen LogP contribution in [-0.4, -0.2) is 82.6 Å². The third kappa shape index (κ3) is 5.65. The maximum atomic E-state index is 13.3. The van der Waals surface area contributed by atoms with Gasteiger partial charge >= 0.3 is 0 Å². The summed E-state index contributed by atoms with van der Waals surface area (Å²) in [5, 5.41) is 2.83. The van der Waals surface area contributed by atoms with Crippen LogP contribution in [-0.2, 0) is 24.8 Å². The fourth-order valence-electron chi connectivity index (χ4n) is 4.60. The fraction of sp³-hybridized carbons (Fsp3) is 0.480. The lowest BCUT2D eigenvalue weighted by atomic mass is 9.98. The van der Waals surface area contributed by atoms with E-state index < -0.39 is 26.0 Å². The molecule has 0 spiro atoms. The van der Waals surface area contributed by atoms with Crippen molar-refractivity contribution in [2.24, 2.45) is 5.92 Å². The minimum Gasteiger partial charge on any atom is -0.326 e. The molecule has 0 aliphatic carbocycles. The molecule has 0 radical (unpaired) electrons. The number of anilines is 1. The smallest absolute Gasteiger partial charge is 0.243 e. The number of carbonyl (C=O) groups excluding carboxylic acids is 1. The second-order valence-electron chi connectivity index (χ2n) is 9.69. The molecular weight excluding hydrogens is 500 g/mol. The van der Waals surface area contributed by atoms with Gasteiger partial charge in [-0.1, -0.05) is 23.8 Å². The number of carbonyl (C=O) groups is 1. The molecule has 2 heterocycles. The third-order valence-corrected chi connectivity index (χ3v) is 10.9. The van der Waals surface area contributed by atoms with Gasteiger partial charge in [-0.15, -0.1) is 0 Å². The number of piperidine rings is 1. The fourth-order valence-corrected chi connectivity index (χ4v) is 7.80. The summed E-state index contributed by atoms with van der Waals surface area (Å²) < 4.78 is 55.6. The Hall–Kier alpha value is -2.31. The van der Waals surface area contributed by atoms with Crippen LogP contribution in [0.3, 0.4) is 0 Å². The number of hydrogen-bond acceptors (Lipinski definition) is 6. The number of nitrogens with zero attached hydrogens (tertiary/aromatic N) is 3. The van der Waals surface area contributed by atoms with Gasteiger partial charge in [0.1, 0.15) is 0 Å². The summed E-state index contributed by atoms with van der Waals surface area (Å²) in [5.74, 6) is -0.844. The van der Waals surface area contributed by atoms with Gasteiger partial charge in [-0.25, -0.2) is 16.8 Å². The lowest BCUT2D eigenvalue weighted by Gasteiger charge is -2.32. The summed E-state index contributed by atoms with van der Waals surface area (Å²) >= 11 is 0. The number of benzene rings is 2. The number of likely N-dealkylation sites (N-methyl/N-ethyl adjacent to an activating group) is 1. The van der Waals surface area contributed by atoms with Gasteiger partial charge in [-0.3, -0.25) is 4.79 Å². The van der Waals surface area contributed by atoms with Gasteiger partial charge in [0.15, 0.2) is 0 Å². The largest absolute Gasteiger partial charge is 0.326 e. The summed E-state index contributed by atoms with van der Waals surface area (Å²) in [6.45, 7) is 6.24. The molecule has 0 unspecified atom stereocenters. The highest BCUT2D eigenvalue weighted by Crippen LogP contribution is 2.27. The van der Waals surface area contributed by atoms with E-state index in [-0.39, 0.29) is 22.2 Å². The van der Waals surface area contributed by atoms with Gasteiger partial charge in [0.2, 0.25) is 26.0 Å². The van der Waals surface area contributed by atoms with Gasteiger partial charge in [0.05, 0.1) is 15.7 Å².